The van der Waals surface area contributed by atoms with Gasteiger partial charge in [0.1, 0.15) is 16.8 Å². The van der Waals surface area contributed by atoms with Crippen LogP contribution in [0.25, 0.3) is 0 Å². The number of rotatable bonds is 5. The third-order valence-electron chi connectivity index (χ3n) is 2.77. The molecule has 1 aliphatic carbocycles. The zero-order valence-corrected chi connectivity index (χ0v) is 10.5. The van der Waals surface area contributed by atoms with E-state index < -0.39 is 0 Å². The van der Waals surface area contributed by atoms with Gasteiger partial charge >= 0.3 is 0 Å². The lowest BCUT2D eigenvalue weighted by Gasteiger charge is -2.07. The molecule has 1 N–H and O–H groups in total. The number of nitrogens with zero attached hydrogens (tertiary/aromatic N) is 5. The normalized spacial score (nSPS) is 14.7. The molecule has 0 spiro atoms. The van der Waals surface area contributed by atoms with Gasteiger partial charge in [0.15, 0.2) is 0 Å². The summed E-state index contributed by atoms with van der Waals surface area (Å²) in [7, 11) is 0. The van der Waals surface area contributed by atoms with Gasteiger partial charge in [-0.05, 0) is 12.8 Å². The summed E-state index contributed by atoms with van der Waals surface area (Å²) in [5.74, 6) is 2.13. The number of anilines is 1. The summed E-state index contributed by atoms with van der Waals surface area (Å²) in [6.45, 7) is 1.46. The summed E-state index contributed by atoms with van der Waals surface area (Å²) >= 11 is 5.98. The second-order valence-electron chi connectivity index (χ2n) is 4.30. The summed E-state index contributed by atoms with van der Waals surface area (Å²) in [6.07, 6.45) is 5.81. The zero-order chi connectivity index (χ0) is 12.4. The molecule has 0 unspecified atom stereocenters. The molecule has 6 nitrogen and oxygen atoms in total. The zero-order valence-electron chi connectivity index (χ0n) is 9.75. The van der Waals surface area contributed by atoms with Crippen molar-refractivity contribution in [3.05, 3.63) is 29.4 Å². The highest BCUT2D eigenvalue weighted by Crippen LogP contribution is 2.38. The number of hydrogen-bond acceptors (Lipinski definition) is 5. The fourth-order valence-corrected chi connectivity index (χ4v) is 1.89. The predicted octanol–water partition coefficient (Wildman–Crippen LogP) is 1.71. The summed E-state index contributed by atoms with van der Waals surface area (Å²) in [6, 6.07) is 1.74. The highest BCUT2D eigenvalue weighted by atomic mass is 35.5. The second kappa shape index (κ2) is 4.89. The summed E-state index contributed by atoms with van der Waals surface area (Å²) in [5, 5.41) is 11.4. The van der Waals surface area contributed by atoms with E-state index in [1.54, 1.807) is 16.9 Å². The molecule has 2 aromatic heterocycles. The largest absolute Gasteiger partial charge is 0.368 e. The molecule has 2 heterocycles. The van der Waals surface area contributed by atoms with Crippen LogP contribution in [0.1, 0.15) is 24.6 Å². The fraction of sp³-hybridized carbons (Fsp3) is 0.455. The van der Waals surface area contributed by atoms with Crippen LogP contribution in [0, 0.1) is 0 Å². The van der Waals surface area contributed by atoms with Crippen LogP contribution in [0.4, 0.5) is 5.82 Å². The van der Waals surface area contributed by atoms with Gasteiger partial charge in [0.05, 0.1) is 12.7 Å². The maximum atomic E-state index is 5.98. The third-order valence-corrected chi connectivity index (χ3v) is 2.97. The molecule has 0 amide bonds. The van der Waals surface area contributed by atoms with Crippen molar-refractivity contribution in [3.8, 4) is 0 Å². The van der Waals surface area contributed by atoms with Gasteiger partial charge in [-0.25, -0.2) is 9.97 Å². The minimum Gasteiger partial charge on any atom is -0.368 e. The Bertz CT molecular complexity index is 522. The molecule has 94 valence electrons. The lowest BCUT2D eigenvalue weighted by atomic mass is 10.4. The van der Waals surface area contributed by atoms with E-state index in [9.17, 15) is 0 Å². The molecular weight excluding hydrogens is 252 g/mol. The Labute approximate surface area is 109 Å². The van der Waals surface area contributed by atoms with Gasteiger partial charge in [0, 0.05) is 24.7 Å². The monoisotopic (exact) mass is 264 g/mol. The molecule has 0 bridgehead atoms. The van der Waals surface area contributed by atoms with Crippen molar-refractivity contribution in [2.45, 2.75) is 25.3 Å². The van der Waals surface area contributed by atoms with E-state index in [-0.39, 0.29) is 0 Å². The quantitative estimate of drug-likeness (QED) is 0.833. The Balaban J connectivity index is 1.61. The molecule has 2 aromatic rings. The van der Waals surface area contributed by atoms with Crippen molar-refractivity contribution in [1.82, 2.24) is 25.0 Å². The average molecular weight is 265 g/mol. The Morgan fingerprint density at radius 2 is 2.28 bits per heavy atom. The van der Waals surface area contributed by atoms with E-state index in [0.29, 0.717) is 11.1 Å². The van der Waals surface area contributed by atoms with Crippen molar-refractivity contribution in [2.75, 3.05) is 11.9 Å². The van der Waals surface area contributed by atoms with E-state index in [4.69, 9.17) is 11.6 Å². The standard InChI is InChI=1S/C11H13ClN6/c12-9-7-10(16-11(15-9)8-1-2-8)13-3-5-18-6-4-14-17-18/h4,6-8H,1-3,5H2,(H,13,15,16). The second-order valence-corrected chi connectivity index (χ2v) is 4.69. The molecule has 1 fully saturated rings. The van der Waals surface area contributed by atoms with Crippen LogP contribution >= 0.6 is 11.6 Å². The number of halogens is 1. The molecule has 1 aliphatic rings. The summed E-state index contributed by atoms with van der Waals surface area (Å²) < 4.78 is 1.76. The van der Waals surface area contributed by atoms with Crippen LogP contribution in [0.15, 0.2) is 18.5 Å². The highest BCUT2D eigenvalue weighted by Gasteiger charge is 2.27. The Kier molecular flexibility index (Phi) is 3.10. The van der Waals surface area contributed by atoms with Crippen molar-refractivity contribution < 1.29 is 0 Å². The molecule has 3 rings (SSSR count). The van der Waals surface area contributed by atoms with E-state index in [1.165, 1.54) is 12.8 Å². The first-order valence-corrected chi connectivity index (χ1v) is 6.31. The number of nitrogens with one attached hydrogen (secondary N) is 1. The first-order chi connectivity index (χ1) is 8.81. The van der Waals surface area contributed by atoms with Crippen LogP contribution in [0.5, 0.6) is 0 Å². The molecule has 0 aromatic carbocycles. The van der Waals surface area contributed by atoms with Crippen molar-refractivity contribution in [1.29, 1.82) is 0 Å². The Hall–Kier alpha value is -1.69. The van der Waals surface area contributed by atoms with Crippen molar-refractivity contribution in [2.24, 2.45) is 0 Å². The first-order valence-electron chi connectivity index (χ1n) is 5.94. The van der Waals surface area contributed by atoms with Crippen molar-refractivity contribution >= 4 is 17.4 Å². The van der Waals surface area contributed by atoms with E-state index in [1.807, 2.05) is 6.20 Å². The van der Waals surface area contributed by atoms with Gasteiger partial charge in [-0.1, -0.05) is 16.8 Å². The topological polar surface area (TPSA) is 68.5 Å². The lowest BCUT2D eigenvalue weighted by molar-refractivity contribution is 0.608. The minimum atomic E-state index is 0.496. The lowest BCUT2D eigenvalue weighted by Crippen LogP contribution is -2.12. The summed E-state index contributed by atoms with van der Waals surface area (Å²) in [5.41, 5.74) is 0. The average Bonchev–Trinajstić information content (AvgIpc) is 3.08. The van der Waals surface area contributed by atoms with E-state index in [0.717, 1.165) is 24.7 Å². The molecule has 0 aliphatic heterocycles. The molecule has 0 saturated heterocycles. The minimum absolute atomic E-state index is 0.496. The summed E-state index contributed by atoms with van der Waals surface area (Å²) in [4.78, 5) is 8.70. The molecule has 1 saturated carbocycles. The fourth-order valence-electron chi connectivity index (χ4n) is 1.70. The maximum Gasteiger partial charge on any atom is 0.135 e. The SMILES string of the molecule is Clc1cc(NCCn2ccnn2)nc(C2CC2)n1. The maximum absolute atomic E-state index is 5.98. The van der Waals surface area contributed by atoms with Crippen LogP contribution < -0.4 is 5.32 Å². The van der Waals surface area contributed by atoms with Crippen molar-refractivity contribution in [3.63, 3.8) is 0 Å². The van der Waals surface area contributed by atoms with Gasteiger partial charge in [-0.2, -0.15) is 0 Å². The smallest absolute Gasteiger partial charge is 0.135 e. The Morgan fingerprint density at radius 3 is 3.00 bits per heavy atom. The van der Waals surface area contributed by atoms with Crippen LogP contribution in [0.2, 0.25) is 5.15 Å². The first kappa shape index (κ1) is 11.4. The molecule has 18 heavy (non-hydrogen) atoms. The van der Waals surface area contributed by atoms with Gasteiger partial charge in [-0.15, -0.1) is 5.10 Å². The Morgan fingerprint density at radius 1 is 1.39 bits per heavy atom. The van der Waals surface area contributed by atoms with Gasteiger partial charge in [-0.3, -0.25) is 4.68 Å². The highest BCUT2D eigenvalue weighted by molar-refractivity contribution is 6.29. The predicted molar refractivity (Wildman–Crippen MR) is 67.5 cm³/mol. The van der Waals surface area contributed by atoms with Crippen LogP contribution in [-0.2, 0) is 6.54 Å². The molecule has 0 atom stereocenters. The van der Waals surface area contributed by atoms with E-state index >= 15 is 0 Å². The molecular formula is C11H13ClN6. The van der Waals surface area contributed by atoms with Gasteiger partial charge in [0.2, 0.25) is 0 Å². The van der Waals surface area contributed by atoms with Crippen LogP contribution in [-0.4, -0.2) is 31.5 Å². The number of aromatic nitrogens is 5. The van der Waals surface area contributed by atoms with Crippen LogP contribution in [0.3, 0.4) is 0 Å². The third kappa shape index (κ3) is 2.76. The van der Waals surface area contributed by atoms with Gasteiger partial charge in [0.25, 0.3) is 0 Å². The molecule has 7 heteroatoms. The number of hydrogen-bond donors (Lipinski definition) is 1. The molecule has 0 radical (unpaired) electrons. The van der Waals surface area contributed by atoms with E-state index in [2.05, 4.69) is 25.6 Å². The van der Waals surface area contributed by atoms with Gasteiger partial charge < -0.3 is 5.32 Å².